The summed E-state index contributed by atoms with van der Waals surface area (Å²) in [5.74, 6) is 0.0191. The van der Waals surface area contributed by atoms with E-state index in [0.717, 1.165) is 16.5 Å². The van der Waals surface area contributed by atoms with Crippen molar-refractivity contribution in [3.05, 3.63) is 52.7 Å². The summed E-state index contributed by atoms with van der Waals surface area (Å²) in [6.45, 7) is 7.41. The number of fused-ring (bicyclic) bond motifs is 1. The summed E-state index contributed by atoms with van der Waals surface area (Å²) in [4.78, 5) is 8.69. The quantitative estimate of drug-likeness (QED) is 0.699. The van der Waals surface area contributed by atoms with Gasteiger partial charge in [-0.1, -0.05) is 31.5 Å². The van der Waals surface area contributed by atoms with E-state index >= 15 is 0 Å². The zero-order valence-electron chi connectivity index (χ0n) is 12.6. The molecule has 0 aliphatic heterocycles. The molecule has 0 radical (unpaired) electrons. The van der Waals surface area contributed by atoms with Gasteiger partial charge < -0.3 is 0 Å². The maximum absolute atomic E-state index is 13.4. The molecule has 0 aliphatic carbocycles. The van der Waals surface area contributed by atoms with Crippen LogP contribution in [0.15, 0.2) is 36.4 Å². The first-order chi connectivity index (χ1) is 9.90. The van der Waals surface area contributed by atoms with Gasteiger partial charge in [0.1, 0.15) is 0 Å². The Labute approximate surface area is 129 Å². The van der Waals surface area contributed by atoms with Crippen LogP contribution in [-0.4, -0.2) is 9.97 Å². The number of allylic oxidation sites excluding steroid dienone is 4. The largest absolute Gasteiger partial charge is 0.262 e. The summed E-state index contributed by atoms with van der Waals surface area (Å²) >= 11 is 6.44. The van der Waals surface area contributed by atoms with Gasteiger partial charge in [-0.25, -0.2) is 9.37 Å². The Balaban J connectivity index is 2.74. The Kier molecular flexibility index (Phi) is 4.73. The van der Waals surface area contributed by atoms with Gasteiger partial charge in [-0.3, -0.25) is 4.98 Å². The van der Waals surface area contributed by atoms with E-state index in [1.54, 1.807) is 12.4 Å². The van der Waals surface area contributed by atoms with Crippen molar-refractivity contribution in [2.75, 3.05) is 0 Å². The van der Waals surface area contributed by atoms with Crippen molar-refractivity contribution in [3.8, 4) is 0 Å². The number of rotatable bonds is 3. The molecule has 0 unspecified atom stereocenters. The lowest BCUT2D eigenvalue weighted by atomic mass is 10.0. The second-order valence-electron chi connectivity index (χ2n) is 5.39. The highest BCUT2D eigenvalue weighted by Crippen LogP contribution is 2.31. The van der Waals surface area contributed by atoms with Crippen molar-refractivity contribution in [3.63, 3.8) is 0 Å². The lowest BCUT2D eigenvalue weighted by Gasteiger charge is -2.12. The van der Waals surface area contributed by atoms with Crippen LogP contribution in [0, 0.1) is 12.8 Å². The van der Waals surface area contributed by atoms with Gasteiger partial charge in [-0.2, -0.15) is 0 Å². The Bertz CT molecular complexity index is 729. The number of nitrogens with zero attached hydrogens (tertiary/aromatic N) is 2. The number of pyridine rings is 2. The van der Waals surface area contributed by atoms with E-state index < -0.39 is 0 Å². The molecule has 0 amide bonds. The Morgan fingerprint density at radius 3 is 2.71 bits per heavy atom. The maximum Gasteiger partial charge on any atom is 0.0975 e. The molecule has 2 aromatic heterocycles. The summed E-state index contributed by atoms with van der Waals surface area (Å²) in [5, 5.41) is 1.50. The van der Waals surface area contributed by atoms with Gasteiger partial charge in [0, 0.05) is 11.6 Å². The third-order valence-electron chi connectivity index (χ3n) is 3.09. The minimum absolute atomic E-state index is 0.259. The van der Waals surface area contributed by atoms with Gasteiger partial charge in [0.25, 0.3) is 0 Å². The fourth-order valence-electron chi connectivity index (χ4n) is 2.22. The van der Waals surface area contributed by atoms with Gasteiger partial charge in [0.05, 0.1) is 28.3 Å². The van der Waals surface area contributed by atoms with Crippen LogP contribution in [0.1, 0.15) is 32.0 Å². The Hall–Kier alpha value is -1.74. The molecule has 0 fully saturated rings. The van der Waals surface area contributed by atoms with Crippen molar-refractivity contribution in [1.82, 2.24) is 9.97 Å². The zero-order chi connectivity index (χ0) is 15.6. The Morgan fingerprint density at radius 1 is 1.38 bits per heavy atom. The molecule has 4 heteroatoms. The molecule has 2 heterocycles. The van der Waals surface area contributed by atoms with Gasteiger partial charge in [-0.15, -0.1) is 0 Å². The highest BCUT2D eigenvalue weighted by molar-refractivity contribution is 6.36. The molecular formula is C17H18ClFN2. The molecule has 0 saturated heterocycles. The monoisotopic (exact) mass is 304 g/mol. The van der Waals surface area contributed by atoms with Crippen molar-refractivity contribution in [1.29, 1.82) is 0 Å². The molecule has 21 heavy (non-hydrogen) atoms. The fraction of sp³-hybridized carbons (Fsp3) is 0.294. The third kappa shape index (κ3) is 3.48. The van der Waals surface area contributed by atoms with Crippen LogP contribution in [0.25, 0.3) is 16.5 Å². The predicted octanol–water partition coefficient (Wildman–Crippen LogP) is 5.50. The first-order valence-electron chi connectivity index (χ1n) is 6.86. The summed E-state index contributed by atoms with van der Waals surface area (Å²) < 4.78 is 13.4. The molecular weight excluding hydrogens is 287 g/mol. The summed E-state index contributed by atoms with van der Waals surface area (Å²) in [7, 11) is 0. The van der Waals surface area contributed by atoms with E-state index in [4.69, 9.17) is 11.6 Å². The molecule has 0 saturated carbocycles. The molecule has 110 valence electrons. The third-order valence-corrected chi connectivity index (χ3v) is 3.58. The predicted molar refractivity (Wildman–Crippen MR) is 87.0 cm³/mol. The van der Waals surface area contributed by atoms with Crippen LogP contribution in [0.3, 0.4) is 0 Å². The second kappa shape index (κ2) is 6.35. The molecule has 0 bridgehead atoms. The van der Waals surface area contributed by atoms with Crippen LogP contribution in [-0.2, 0) is 0 Å². The van der Waals surface area contributed by atoms with E-state index in [9.17, 15) is 4.39 Å². The molecule has 0 spiro atoms. The number of aromatic nitrogens is 2. The molecule has 2 aromatic rings. The van der Waals surface area contributed by atoms with Crippen molar-refractivity contribution in [2.45, 2.75) is 27.7 Å². The average molecular weight is 305 g/mol. The second-order valence-corrected chi connectivity index (χ2v) is 5.77. The van der Waals surface area contributed by atoms with Crippen LogP contribution in [0.4, 0.5) is 4.39 Å². The van der Waals surface area contributed by atoms with Gasteiger partial charge >= 0.3 is 0 Å². The zero-order valence-corrected chi connectivity index (χ0v) is 13.4. The highest BCUT2D eigenvalue weighted by Gasteiger charge is 2.13. The lowest BCUT2D eigenvalue weighted by molar-refractivity contribution is 0.641. The minimum Gasteiger partial charge on any atom is -0.262 e. The maximum atomic E-state index is 13.4. The SMILES string of the molecule is CC(F)=CC(=CC(C)C)c1nc2cnccc2c(Cl)c1C. The highest BCUT2D eigenvalue weighted by atomic mass is 35.5. The lowest BCUT2D eigenvalue weighted by Crippen LogP contribution is -1.97. The van der Waals surface area contributed by atoms with Crippen molar-refractivity contribution in [2.24, 2.45) is 5.92 Å². The van der Waals surface area contributed by atoms with E-state index in [-0.39, 0.29) is 11.7 Å². The summed E-state index contributed by atoms with van der Waals surface area (Å²) in [6.07, 6.45) is 6.83. The first-order valence-corrected chi connectivity index (χ1v) is 7.23. The summed E-state index contributed by atoms with van der Waals surface area (Å²) in [5.41, 5.74) is 3.00. The number of halogens is 2. The van der Waals surface area contributed by atoms with Crippen molar-refractivity contribution >= 4 is 28.1 Å². The normalized spacial score (nSPS) is 13.3. The van der Waals surface area contributed by atoms with Gasteiger partial charge in [0.15, 0.2) is 0 Å². The molecule has 2 rings (SSSR count). The van der Waals surface area contributed by atoms with E-state index in [1.807, 2.05) is 32.9 Å². The minimum atomic E-state index is -0.259. The first kappa shape index (κ1) is 15.6. The van der Waals surface area contributed by atoms with Crippen LogP contribution in [0.2, 0.25) is 5.02 Å². The van der Waals surface area contributed by atoms with E-state index in [1.165, 1.54) is 13.0 Å². The van der Waals surface area contributed by atoms with Crippen molar-refractivity contribution < 1.29 is 4.39 Å². The molecule has 0 aliphatic rings. The van der Waals surface area contributed by atoms with Gasteiger partial charge in [-0.05, 0) is 43.0 Å². The topological polar surface area (TPSA) is 25.8 Å². The van der Waals surface area contributed by atoms with E-state index in [2.05, 4.69) is 9.97 Å². The number of hydrogen-bond acceptors (Lipinski definition) is 2. The van der Waals surface area contributed by atoms with Gasteiger partial charge in [0.2, 0.25) is 0 Å². The van der Waals surface area contributed by atoms with Crippen LogP contribution >= 0.6 is 11.6 Å². The fourth-order valence-corrected chi connectivity index (χ4v) is 2.47. The van der Waals surface area contributed by atoms with E-state index in [0.29, 0.717) is 16.2 Å². The molecule has 2 nitrogen and oxygen atoms in total. The average Bonchev–Trinajstić information content (AvgIpc) is 2.41. The Morgan fingerprint density at radius 2 is 2.10 bits per heavy atom. The molecule has 0 atom stereocenters. The standard InChI is InChI=1S/C17H18ClFN2/c1-10(2)7-13(8-11(3)19)17-12(4)16(18)14-5-6-20-9-15(14)21-17/h5-10H,1-4H3. The molecule has 0 N–H and O–H groups in total. The van der Waals surface area contributed by atoms with Crippen LogP contribution < -0.4 is 0 Å². The van der Waals surface area contributed by atoms with Crippen LogP contribution in [0.5, 0.6) is 0 Å². The summed E-state index contributed by atoms with van der Waals surface area (Å²) in [6, 6.07) is 1.84. The smallest absolute Gasteiger partial charge is 0.0975 e. The molecule has 0 aromatic carbocycles. The number of hydrogen-bond donors (Lipinski definition) is 0.